The van der Waals surface area contributed by atoms with Crippen molar-refractivity contribution in [1.29, 1.82) is 0 Å². The first kappa shape index (κ1) is 11.5. The van der Waals surface area contributed by atoms with Gasteiger partial charge in [-0.2, -0.15) is 5.10 Å². The number of aromatic nitrogens is 2. The van der Waals surface area contributed by atoms with Crippen molar-refractivity contribution in [3.63, 3.8) is 0 Å². The summed E-state index contributed by atoms with van der Waals surface area (Å²) in [5, 5.41) is 4.10. The summed E-state index contributed by atoms with van der Waals surface area (Å²) in [5.74, 6) is 1.21. The van der Waals surface area contributed by atoms with Gasteiger partial charge in [-0.25, -0.2) is 0 Å². The molecule has 1 aromatic heterocycles. The van der Waals surface area contributed by atoms with Crippen LogP contribution in [0.5, 0.6) is 0 Å². The van der Waals surface area contributed by atoms with E-state index in [0.29, 0.717) is 12.2 Å². The van der Waals surface area contributed by atoms with Crippen LogP contribution in [0.15, 0.2) is 41.6 Å². The summed E-state index contributed by atoms with van der Waals surface area (Å²) in [6, 6.07) is 8.20. The molecule has 2 aromatic rings. The Balaban J connectivity index is 1.78. The SMILES string of the molecule is Cn1cc(CC(=O)C2CSc3ccccc32)cn1. The molecule has 4 heteroatoms. The lowest BCUT2D eigenvalue weighted by atomic mass is 9.94. The van der Waals surface area contributed by atoms with E-state index in [-0.39, 0.29) is 5.92 Å². The van der Waals surface area contributed by atoms with Gasteiger partial charge in [-0.3, -0.25) is 9.48 Å². The Morgan fingerprint density at radius 2 is 2.33 bits per heavy atom. The lowest BCUT2D eigenvalue weighted by molar-refractivity contribution is -0.119. The van der Waals surface area contributed by atoms with Gasteiger partial charge in [0.25, 0.3) is 0 Å². The molecule has 0 fully saturated rings. The summed E-state index contributed by atoms with van der Waals surface area (Å²) in [7, 11) is 1.87. The average molecular weight is 258 g/mol. The van der Waals surface area contributed by atoms with E-state index in [9.17, 15) is 4.79 Å². The largest absolute Gasteiger partial charge is 0.299 e. The summed E-state index contributed by atoms with van der Waals surface area (Å²) in [6.45, 7) is 0. The molecular formula is C14H14N2OS. The highest BCUT2D eigenvalue weighted by atomic mass is 32.2. The van der Waals surface area contributed by atoms with Gasteiger partial charge in [0.2, 0.25) is 0 Å². The number of ketones is 1. The number of benzene rings is 1. The van der Waals surface area contributed by atoms with Crippen LogP contribution in [0.2, 0.25) is 0 Å². The third-order valence-electron chi connectivity index (χ3n) is 3.23. The Hall–Kier alpha value is -1.55. The summed E-state index contributed by atoms with van der Waals surface area (Å²) < 4.78 is 1.74. The van der Waals surface area contributed by atoms with Gasteiger partial charge in [0.05, 0.1) is 12.1 Å². The van der Waals surface area contributed by atoms with Gasteiger partial charge in [0, 0.05) is 30.3 Å². The lowest BCUT2D eigenvalue weighted by Crippen LogP contribution is -2.14. The topological polar surface area (TPSA) is 34.9 Å². The predicted octanol–water partition coefficient (Wildman–Crippen LogP) is 2.42. The highest BCUT2D eigenvalue weighted by Gasteiger charge is 2.28. The van der Waals surface area contributed by atoms with Gasteiger partial charge < -0.3 is 0 Å². The molecule has 1 atom stereocenters. The number of fused-ring (bicyclic) bond motifs is 1. The molecule has 0 amide bonds. The molecule has 0 bridgehead atoms. The molecule has 1 aliphatic rings. The lowest BCUT2D eigenvalue weighted by Gasteiger charge is -2.08. The van der Waals surface area contributed by atoms with Gasteiger partial charge in [-0.15, -0.1) is 11.8 Å². The number of nitrogens with zero attached hydrogens (tertiary/aromatic N) is 2. The van der Waals surface area contributed by atoms with E-state index >= 15 is 0 Å². The van der Waals surface area contributed by atoms with Crippen molar-refractivity contribution >= 4 is 17.5 Å². The smallest absolute Gasteiger partial charge is 0.145 e. The number of carbonyl (C=O) groups excluding carboxylic acids is 1. The fourth-order valence-electron chi connectivity index (χ4n) is 2.32. The first-order valence-electron chi connectivity index (χ1n) is 5.96. The molecule has 0 saturated heterocycles. The van der Waals surface area contributed by atoms with Crippen LogP contribution in [-0.2, 0) is 18.3 Å². The van der Waals surface area contributed by atoms with Crippen LogP contribution in [0.3, 0.4) is 0 Å². The van der Waals surface area contributed by atoms with Crippen molar-refractivity contribution in [2.75, 3.05) is 5.75 Å². The molecule has 0 aliphatic carbocycles. The third kappa shape index (κ3) is 2.08. The fraction of sp³-hybridized carbons (Fsp3) is 0.286. The Kier molecular flexibility index (Phi) is 2.96. The van der Waals surface area contributed by atoms with Crippen LogP contribution >= 0.6 is 11.8 Å². The van der Waals surface area contributed by atoms with E-state index in [2.05, 4.69) is 17.2 Å². The normalized spacial score (nSPS) is 17.7. The molecule has 0 radical (unpaired) electrons. The van der Waals surface area contributed by atoms with E-state index in [0.717, 1.165) is 11.3 Å². The van der Waals surface area contributed by atoms with Crippen LogP contribution < -0.4 is 0 Å². The second kappa shape index (κ2) is 4.61. The molecular weight excluding hydrogens is 244 g/mol. The molecule has 0 spiro atoms. The van der Waals surface area contributed by atoms with E-state index in [1.165, 1.54) is 10.5 Å². The fourth-order valence-corrected chi connectivity index (χ4v) is 3.58. The zero-order valence-corrected chi connectivity index (χ0v) is 11.0. The molecule has 1 aromatic carbocycles. The Morgan fingerprint density at radius 3 is 3.11 bits per heavy atom. The van der Waals surface area contributed by atoms with Crippen molar-refractivity contribution in [2.24, 2.45) is 7.05 Å². The number of hydrogen-bond donors (Lipinski definition) is 0. The number of Topliss-reactive ketones (excluding diaryl/α,β-unsaturated/α-hetero) is 1. The number of rotatable bonds is 3. The molecule has 0 saturated carbocycles. The monoisotopic (exact) mass is 258 g/mol. The highest BCUT2D eigenvalue weighted by molar-refractivity contribution is 7.99. The van der Waals surface area contributed by atoms with Crippen LogP contribution in [0.25, 0.3) is 0 Å². The quantitative estimate of drug-likeness (QED) is 0.848. The third-order valence-corrected chi connectivity index (χ3v) is 4.41. The van der Waals surface area contributed by atoms with Crippen molar-refractivity contribution in [3.05, 3.63) is 47.8 Å². The number of hydrogen-bond acceptors (Lipinski definition) is 3. The summed E-state index contributed by atoms with van der Waals surface area (Å²) in [4.78, 5) is 13.6. The number of thioether (sulfide) groups is 1. The van der Waals surface area contributed by atoms with Crippen LogP contribution in [0.4, 0.5) is 0 Å². The van der Waals surface area contributed by atoms with E-state index in [1.54, 1.807) is 22.6 Å². The van der Waals surface area contributed by atoms with Crippen LogP contribution in [-0.4, -0.2) is 21.3 Å². The zero-order chi connectivity index (χ0) is 12.5. The van der Waals surface area contributed by atoms with Gasteiger partial charge in [-0.1, -0.05) is 18.2 Å². The summed E-state index contributed by atoms with van der Waals surface area (Å²) in [6.07, 6.45) is 4.16. The minimum Gasteiger partial charge on any atom is -0.299 e. The van der Waals surface area contributed by atoms with Crippen LogP contribution in [0, 0.1) is 0 Å². The van der Waals surface area contributed by atoms with Crippen molar-refractivity contribution < 1.29 is 4.79 Å². The standard InChI is InChI=1S/C14H14N2OS/c1-16-8-10(7-15-16)6-13(17)12-9-18-14-5-3-2-4-11(12)14/h2-5,7-8,12H,6,9H2,1H3. The number of aryl methyl sites for hydroxylation is 1. The second-order valence-corrected chi connectivity index (χ2v) is 5.63. The molecule has 1 unspecified atom stereocenters. The van der Waals surface area contributed by atoms with Gasteiger partial charge in [0.1, 0.15) is 5.78 Å². The summed E-state index contributed by atoms with van der Waals surface area (Å²) >= 11 is 1.78. The molecule has 92 valence electrons. The van der Waals surface area contributed by atoms with E-state index in [1.807, 2.05) is 25.4 Å². The Labute approximate surface area is 110 Å². The molecule has 3 nitrogen and oxygen atoms in total. The predicted molar refractivity (Wildman–Crippen MR) is 71.8 cm³/mol. The molecule has 3 rings (SSSR count). The molecule has 2 heterocycles. The Morgan fingerprint density at radius 1 is 1.50 bits per heavy atom. The van der Waals surface area contributed by atoms with Crippen molar-refractivity contribution in [2.45, 2.75) is 17.2 Å². The maximum atomic E-state index is 12.3. The average Bonchev–Trinajstić information content (AvgIpc) is 2.95. The molecule has 0 N–H and O–H groups in total. The maximum Gasteiger partial charge on any atom is 0.145 e. The van der Waals surface area contributed by atoms with Gasteiger partial charge in [-0.05, 0) is 17.2 Å². The minimum absolute atomic E-state index is 0.0476. The van der Waals surface area contributed by atoms with Crippen LogP contribution in [0.1, 0.15) is 17.0 Å². The summed E-state index contributed by atoms with van der Waals surface area (Å²) in [5.41, 5.74) is 2.19. The van der Waals surface area contributed by atoms with Crippen molar-refractivity contribution in [1.82, 2.24) is 9.78 Å². The van der Waals surface area contributed by atoms with Gasteiger partial charge >= 0.3 is 0 Å². The Bertz CT molecular complexity index is 591. The molecule has 1 aliphatic heterocycles. The molecule has 18 heavy (non-hydrogen) atoms. The zero-order valence-electron chi connectivity index (χ0n) is 10.2. The van der Waals surface area contributed by atoms with E-state index in [4.69, 9.17) is 0 Å². The first-order valence-corrected chi connectivity index (χ1v) is 6.94. The van der Waals surface area contributed by atoms with E-state index < -0.39 is 0 Å². The first-order chi connectivity index (χ1) is 8.74. The number of carbonyl (C=O) groups is 1. The van der Waals surface area contributed by atoms with Gasteiger partial charge in [0.15, 0.2) is 0 Å². The highest BCUT2D eigenvalue weighted by Crippen LogP contribution is 2.40. The minimum atomic E-state index is 0.0476. The second-order valence-electron chi connectivity index (χ2n) is 4.57. The van der Waals surface area contributed by atoms with Crippen molar-refractivity contribution in [3.8, 4) is 0 Å². The maximum absolute atomic E-state index is 12.3.